The molecular formula is C8H15F3N2O3. The van der Waals surface area contributed by atoms with Gasteiger partial charge in [-0.2, -0.15) is 13.2 Å². The Morgan fingerprint density at radius 3 is 1.62 bits per heavy atom. The van der Waals surface area contributed by atoms with Crippen molar-refractivity contribution in [2.75, 3.05) is 7.05 Å². The predicted molar refractivity (Wildman–Crippen MR) is 50.6 cm³/mol. The van der Waals surface area contributed by atoms with Gasteiger partial charge in [0.25, 0.3) is 0 Å². The van der Waals surface area contributed by atoms with E-state index in [2.05, 4.69) is 5.32 Å². The van der Waals surface area contributed by atoms with Crippen LogP contribution in [0.15, 0.2) is 0 Å². The summed E-state index contributed by atoms with van der Waals surface area (Å²) in [5, 5.41) is 9.95. The van der Waals surface area contributed by atoms with E-state index in [-0.39, 0.29) is 17.9 Å². The summed E-state index contributed by atoms with van der Waals surface area (Å²) in [7, 11) is 1.73. The number of likely N-dealkylation sites (N-methyl/N-ethyl adjacent to an activating group) is 1. The first kappa shape index (κ1) is 17.1. The van der Waals surface area contributed by atoms with Crippen LogP contribution in [-0.4, -0.2) is 36.2 Å². The van der Waals surface area contributed by atoms with Crippen LogP contribution in [0.1, 0.15) is 13.8 Å². The molecule has 16 heavy (non-hydrogen) atoms. The fraction of sp³-hybridized carbons (Fsp3) is 0.750. The van der Waals surface area contributed by atoms with Gasteiger partial charge in [0.15, 0.2) is 0 Å². The van der Waals surface area contributed by atoms with Crippen LogP contribution < -0.4 is 11.1 Å². The number of carbonyl (C=O) groups excluding carboxylic acids is 1. The van der Waals surface area contributed by atoms with E-state index in [9.17, 15) is 18.0 Å². The highest BCUT2D eigenvalue weighted by atomic mass is 19.4. The average molecular weight is 244 g/mol. The monoisotopic (exact) mass is 244 g/mol. The van der Waals surface area contributed by atoms with Crippen molar-refractivity contribution < 1.29 is 27.9 Å². The van der Waals surface area contributed by atoms with Crippen LogP contribution in [0.3, 0.4) is 0 Å². The summed E-state index contributed by atoms with van der Waals surface area (Å²) in [6.45, 7) is 3.90. The molecular weight excluding hydrogens is 229 g/mol. The molecule has 0 rings (SSSR count). The number of hydrogen-bond acceptors (Lipinski definition) is 3. The van der Waals surface area contributed by atoms with Crippen LogP contribution in [0.5, 0.6) is 0 Å². The van der Waals surface area contributed by atoms with Gasteiger partial charge in [0.2, 0.25) is 5.91 Å². The van der Waals surface area contributed by atoms with Gasteiger partial charge >= 0.3 is 12.1 Å². The molecule has 0 saturated heterocycles. The van der Waals surface area contributed by atoms with Crippen molar-refractivity contribution in [2.45, 2.75) is 26.1 Å². The van der Waals surface area contributed by atoms with Crippen LogP contribution in [0, 0.1) is 5.92 Å². The van der Waals surface area contributed by atoms with Crippen LogP contribution >= 0.6 is 0 Å². The predicted octanol–water partition coefficient (Wildman–Crippen LogP) is 0.349. The molecule has 0 unspecified atom stereocenters. The number of carbonyl (C=O) groups is 2. The smallest absolute Gasteiger partial charge is 0.475 e. The Morgan fingerprint density at radius 2 is 1.62 bits per heavy atom. The van der Waals surface area contributed by atoms with Crippen molar-refractivity contribution in [3.63, 3.8) is 0 Å². The molecule has 0 spiro atoms. The zero-order valence-electron chi connectivity index (χ0n) is 9.13. The van der Waals surface area contributed by atoms with Gasteiger partial charge in [-0.15, -0.1) is 0 Å². The molecule has 0 radical (unpaired) electrons. The molecule has 1 amide bonds. The zero-order chi connectivity index (χ0) is 13.5. The second-order valence-corrected chi connectivity index (χ2v) is 3.22. The van der Waals surface area contributed by atoms with Gasteiger partial charge in [-0.25, -0.2) is 4.79 Å². The van der Waals surface area contributed by atoms with Gasteiger partial charge in [-0.05, 0) is 13.0 Å². The second-order valence-electron chi connectivity index (χ2n) is 3.22. The summed E-state index contributed by atoms with van der Waals surface area (Å²) in [5.41, 5.74) is 5.05. The maximum Gasteiger partial charge on any atom is 0.490 e. The standard InChI is InChI=1S/C6H14N2O.C2HF3O2/c1-4(2)5(8-3)6(7)9;3-2(4,5)1(6)7/h4-5,8H,1-3H3,(H2,7,9);(H,6,7)/t5-;/m0./s1. The van der Waals surface area contributed by atoms with E-state index in [1.165, 1.54) is 0 Å². The third kappa shape index (κ3) is 8.04. The van der Waals surface area contributed by atoms with Crippen LogP contribution in [0.4, 0.5) is 13.2 Å². The third-order valence-electron chi connectivity index (χ3n) is 1.53. The van der Waals surface area contributed by atoms with Gasteiger partial charge < -0.3 is 16.2 Å². The summed E-state index contributed by atoms with van der Waals surface area (Å²) in [6, 6.07) is -0.190. The molecule has 0 aromatic heterocycles. The number of nitrogens with two attached hydrogens (primary N) is 1. The Balaban J connectivity index is 0. The Bertz CT molecular complexity index is 241. The molecule has 5 nitrogen and oxygen atoms in total. The lowest BCUT2D eigenvalue weighted by Gasteiger charge is -2.14. The van der Waals surface area contributed by atoms with Crippen LogP contribution in [0.25, 0.3) is 0 Å². The van der Waals surface area contributed by atoms with Crippen molar-refractivity contribution in [1.29, 1.82) is 0 Å². The fourth-order valence-electron chi connectivity index (χ4n) is 0.804. The molecule has 0 saturated carbocycles. The Kier molecular flexibility index (Phi) is 7.53. The van der Waals surface area contributed by atoms with Gasteiger partial charge in [0, 0.05) is 0 Å². The van der Waals surface area contributed by atoms with Gasteiger partial charge in [0.05, 0.1) is 6.04 Å². The molecule has 0 aromatic carbocycles. The largest absolute Gasteiger partial charge is 0.490 e. The van der Waals surface area contributed by atoms with Gasteiger partial charge in [-0.3, -0.25) is 4.79 Å². The topological polar surface area (TPSA) is 92.4 Å². The van der Waals surface area contributed by atoms with Gasteiger partial charge in [0.1, 0.15) is 0 Å². The number of amides is 1. The zero-order valence-corrected chi connectivity index (χ0v) is 9.13. The van der Waals surface area contributed by atoms with E-state index >= 15 is 0 Å². The highest BCUT2D eigenvalue weighted by molar-refractivity contribution is 5.80. The van der Waals surface area contributed by atoms with Crippen LogP contribution in [-0.2, 0) is 9.59 Å². The van der Waals surface area contributed by atoms with E-state index < -0.39 is 12.1 Å². The molecule has 0 fully saturated rings. The quantitative estimate of drug-likeness (QED) is 0.667. The molecule has 0 bridgehead atoms. The van der Waals surface area contributed by atoms with Crippen LogP contribution in [0.2, 0.25) is 0 Å². The first-order valence-corrected chi connectivity index (χ1v) is 4.30. The SMILES string of the molecule is CN[C@H](C(N)=O)C(C)C.O=C(O)C(F)(F)F. The second kappa shape index (κ2) is 7.04. The first-order chi connectivity index (χ1) is 7.03. The van der Waals surface area contributed by atoms with E-state index in [1.54, 1.807) is 7.05 Å². The molecule has 96 valence electrons. The highest BCUT2D eigenvalue weighted by Gasteiger charge is 2.38. The Morgan fingerprint density at radius 1 is 1.31 bits per heavy atom. The minimum Gasteiger partial charge on any atom is -0.475 e. The minimum absolute atomic E-state index is 0.190. The number of alkyl halides is 3. The summed E-state index contributed by atoms with van der Waals surface area (Å²) < 4.78 is 31.7. The minimum atomic E-state index is -5.08. The first-order valence-electron chi connectivity index (χ1n) is 4.30. The maximum absolute atomic E-state index is 10.6. The lowest BCUT2D eigenvalue weighted by atomic mass is 10.0. The summed E-state index contributed by atoms with van der Waals surface area (Å²) in [5.74, 6) is -2.77. The molecule has 8 heteroatoms. The lowest BCUT2D eigenvalue weighted by Crippen LogP contribution is -2.42. The van der Waals surface area contributed by atoms with Crippen molar-refractivity contribution in [3.05, 3.63) is 0 Å². The van der Waals surface area contributed by atoms with E-state index in [0.717, 1.165) is 0 Å². The normalized spacial score (nSPS) is 12.7. The molecule has 0 aliphatic rings. The maximum atomic E-state index is 10.6. The van der Waals surface area contributed by atoms with Crippen molar-refractivity contribution in [2.24, 2.45) is 11.7 Å². The van der Waals surface area contributed by atoms with Gasteiger partial charge in [-0.1, -0.05) is 13.8 Å². The molecule has 4 N–H and O–H groups in total. The number of rotatable bonds is 3. The molecule has 0 aromatic rings. The average Bonchev–Trinajstić information content (AvgIpc) is 2.02. The van der Waals surface area contributed by atoms with Crippen molar-refractivity contribution >= 4 is 11.9 Å². The molecule has 0 heterocycles. The van der Waals surface area contributed by atoms with Crippen molar-refractivity contribution in [1.82, 2.24) is 5.32 Å². The Hall–Kier alpha value is -1.31. The number of carboxylic acid groups (broad SMARTS) is 1. The lowest BCUT2D eigenvalue weighted by molar-refractivity contribution is -0.192. The number of nitrogens with one attached hydrogen (secondary N) is 1. The van der Waals surface area contributed by atoms with E-state index in [0.29, 0.717) is 0 Å². The van der Waals surface area contributed by atoms with Crippen molar-refractivity contribution in [3.8, 4) is 0 Å². The molecule has 1 atom stereocenters. The summed E-state index contributed by atoms with van der Waals surface area (Å²) in [4.78, 5) is 19.4. The number of hydrogen-bond donors (Lipinski definition) is 3. The number of aliphatic carboxylic acids is 1. The highest BCUT2D eigenvalue weighted by Crippen LogP contribution is 2.13. The molecule has 0 aliphatic heterocycles. The summed E-state index contributed by atoms with van der Waals surface area (Å²) in [6.07, 6.45) is -5.08. The van der Waals surface area contributed by atoms with E-state index in [4.69, 9.17) is 15.6 Å². The fourth-order valence-corrected chi connectivity index (χ4v) is 0.804. The summed E-state index contributed by atoms with van der Waals surface area (Å²) >= 11 is 0. The number of halogens is 3. The molecule has 0 aliphatic carbocycles. The Labute approximate surface area is 90.8 Å². The number of carboxylic acids is 1. The number of primary amides is 1. The van der Waals surface area contributed by atoms with E-state index in [1.807, 2.05) is 13.8 Å². The third-order valence-corrected chi connectivity index (χ3v) is 1.53.